The molecule has 4 unspecified atom stereocenters. The highest BCUT2D eigenvalue weighted by Crippen LogP contribution is 2.55. The molecular weight excluding hydrogens is 295 g/mol. The third-order valence-electron chi connectivity index (χ3n) is 6.40. The average molecular weight is 319 g/mol. The Morgan fingerprint density at radius 1 is 0.526 bits per heavy atom. The molecule has 0 N–H and O–H groups in total. The smallest absolute Gasteiger partial charge is 0.0485 e. The molecule has 4 bridgehead atoms. The average Bonchev–Trinajstić information content (AvgIpc) is 2.47. The zero-order valence-electron chi connectivity index (χ0n) is 11.4. The van der Waals surface area contributed by atoms with Gasteiger partial charge in [0.25, 0.3) is 0 Å². The molecule has 6 aliphatic rings. The summed E-state index contributed by atoms with van der Waals surface area (Å²) in [7, 11) is 0. The summed E-state index contributed by atoms with van der Waals surface area (Å²) in [6.45, 7) is 0. The summed E-state index contributed by atoms with van der Waals surface area (Å²) in [4.78, 5) is 0. The van der Waals surface area contributed by atoms with Crippen LogP contribution in [-0.2, 0) is 0 Å². The van der Waals surface area contributed by atoms with E-state index < -0.39 is 0 Å². The van der Waals surface area contributed by atoms with Crippen molar-refractivity contribution in [2.24, 2.45) is 23.7 Å². The summed E-state index contributed by atoms with van der Waals surface area (Å²) in [6.07, 6.45) is 11.3. The van der Waals surface area contributed by atoms with Crippen LogP contribution in [0.1, 0.15) is 51.4 Å². The van der Waals surface area contributed by atoms with Crippen molar-refractivity contribution in [2.45, 2.75) is 72.6 Å². The van der Waals surface area contributed by atoms with Gasteiger partial charge in [0.15, 0.2) is 0 Å². The number of rotatable bonds is 2. The van der Waals surface area contributed by atoms with E-state index in [-0.39, 0.29) is 0 Å². The summed E-state index contributed by atoms with van der Waals surface area (Å²) in [5.74, 6) is 3.39. The van der Waals surface area contributed by atoms with Crippen LogP contribution in [-0.4, -0.2) is 21.3 Å². The van der Waals surface area contributed by atoms with E-state index in [9.17, 15) is 0 Å². The molecule has 0 radical (unpaired) electrons. The molecule has 6 fully saturated rings. The summed E-state index contributed by atoms with van der Waals surface area (Å²) in [6, 6.07) is 0. The van der Waals surface area contributed by atoms with Crippen LogP contribution in [0, 0.1) is 23.7 Å². The van der Waals surface area contributed by atoms with Crippen LogP contribution in [0.5, 0.6) is 0 Å². The molecule has 6 aliphatic carbocycles. The molecule has 6 saturated carbocycles. The van der Waals surface area contributed by atoms with Crippen LogP contribution >= 0.6 is 35.0 Å². The minimum Gasteiger partial charge on any atom is -0.151 e. The van der Waals surface area contributed by atoms with Gasteiger partial charge in [0.2, 0.25) is 0 Å². The third kappa shape index (κ3) is 2.27. The molecule has 4 atom stereocenters. The highest BCUT2D eigenvalue weighted by molar-refractivity contribution is 8.00. The topological polar surface area (TPSA) is 0 Å². The predicted molar refractivity (Wildman–Crippen MR) is 85.3 cm³/mol. The second kappa shape index (κ2) is 5.29. The molecule has 6 rings (SSSR count). The molecule has 0 aromatic rings. The second-order valence-electron chi connectivity index (χ2n) is 7.30. The van der Waals surface area contributed by atoms with Gasteiger partial charge in [-0.2, -0.15) is 11.8 Å². The fourth-order valence-electron chi connectivity index (χ4n) is 5.19. The van der Waals surface area contributed by atoms with E-state index in [1.165, 1.54) is 51.4 Å². The molecule has 3 heteroatoms. The second-order valence-corrected chi connectivity index (χ2v) is 9.67. The number of hydrogen-bond donors (Lipinski definition) is 0. The Balaban J connectivity index is 1.49. The first-order valence-electron chi connectivity index (χ1n) is 8.17. The van der Waals surface area contributed by atoms with Gasteiger partial charge in [0, 0.05) is 21.3 Å². The molecule has 0 aromatic heterocycles. The van der Waals surface area contributed by atoms with Gasteiger partial charge in [-0.15, -0.1) is 23.2 Å². The van der Waals surface area contributed by atoms with E-state index in [1.54, 1.807) is 0 Å². The van der Waals surface area contributed by atoms with Gasteiger partial charge in [-0.1, -0.05) is 0 Å². The number of fused-ring (bicyclic) bond motifs is 6. The van der Waals surface area contributed by atoms with Crippen molar-refractivity contribution in [1.29, 1.82) is 0 Å². The third-order valence-corrected chi connectivity index (χ3v) is 9.94. The lowest BCUT2D eigenvalue weighted by Gasteiger charge is -2.51. The van der Waals surface area contributed by atoms with Crippen molar-refractivity contribution in [2.75, 3.05) is 0 Å². The van der Waals surface area contributed by atoms with E-state index in [1.807, 2.05) is 0 Å². The Bertz CT molecular complexity index is 296. The normalized spacial score (nSPS) is 56.5. The van der Waals surface area contributed by atoms with E-state index in [4.69, 9.17) is 23.2 Å². The van der Waals surface area contributed by atoms with Crippen molar-refractivity contribution >= 4 is 35.0 Å². The Labute approximate surface area is 131 Å². The number of halogens is 2. The molecule has 0 spiro atoms. The van der Waals surface area contributed by atoms with Gasteiger partial charge in [-0.3, -0.25) is 0 Å². The summed E-state index contributed by atoms with van der Waals surface area (Å²) in [5.41, 5.74) is 0. The fraction of sp³-hybridized carbons (Fsp3) is 1.00. The van der Waals surface area contributed by atoms with Gasteiger partial charge < -0.3 is 0 Å². The maximum absolute atomic E-state index is 6.78. The first-order chi connectivity index (χ1) is 9.24. The molecule has 0 aromatic carbocycles. The monoisotopic (exact) mass is 318 g/mol. The Kier molecular flexibility index (Phi) is 3.78. The molecule has 108 valence electrons. The van der Waals surface area contributed by atoms with Gasteiger partial charge in [-0.05, 0) is 75.0 Å². The molecule has 0 amide bonds. The first kappa shape index (κ1) is 13.6. The SMILES string of the molecule is ClC1C2CCC(CC2)C1SC1C2CCC(CC2)C1Cl. The molecule has 0 aliphatic heterocycles. The molecule has 0 nitrogen and oxygen atoms in total. The number of alkyl halides is 2. The van der Waals surface area contributed by atoms with E-state index in [0.717, 1.165) is 23.7 Å². The van der Waals surface area contributed by atoms with Crippen LogP contribution in [0.15, 0.2) is 0 Å². The molecular formula is C16H24Cl2S. The van der Waals surface area contributed by atoms with Crippen LogP contribution in [0.2, 0.25) is 0 Å². The highest BCUT2D eigenvalue weighted by atomic mass is 35.5. The largest absolute Gasteiger partial charge is 0.151 e. The Morgan fingerprint density at radius 3 is 1.16 bits per heavy atom. The van der Waals surface area contributed by atoms with E-state index in [0.29, 0.717) is 21.3 Å². The predicted octanol–water partition coefficient (Wildman–Crippen LogP) is 5.31. The summed E-state index contributed by atoms with van der Waals surface area (Å²) >= 11 is 15.8. The minimum atomic E-state index is 0.432. The lowest BCUT2D eigenvalue weighted by atomic mass is 9.70. The lowest BCUT2D eigenvalue weighted by Crippen LogP contribution is -2.49. The maximum Gasteiger partial charge on any atom is 0.0485 e. The van der Waals surface area contributed by atoms with Crippen LogP contribution in [0.25, 0.3) is 0 Å². The van der Waals surface area contributed by atoms with Crippen LogP contribution < -0.4 is 0 Å². The van der Waals surface area contributed by atoms with E-state index >= 15 is 0 Å². The minimum absolute atomic E-state index is 0.432. The Hall–Kier alpha value is 0.930. The zero-order chi connectivity index (χ0) is 13.0. The number of hydrogen-bond acceptors (Lipinski definition) is 1. The van der Waals surface area contributed by atoms with Gasteiger partial charge in [0.05, 0.1) is 0 Å². The highest BCUT2D eigenvalue weighted by Gasteiger charge is 2.48. The van der Waals surface area contributed by atoms with Crippen molar-refractivity contribution in [3.05, 3.63) is 0 Å². The van der Waals surface area contributed by atoms with E-state index in [2.05, 4.69) is 11.8 Å². The van der Waals surface area contributed by atoms with Gasteiger partial charge >= 0.3 is 0 Å². The van der Waals surface area contributed by atoms with Crippen LogP contribution in [0.3, 0.4) is 0 Å². The van der Waals surface area contributed by atoms with Crippen molar-refractivity contribution < 1.29 is 0 Å². The lowest BCUT2D eigenvalue weighted by molar-refractivity contribution is 0.177. The quantitative estimate of drug-likeness (QED) is 0.621. The summed E-state index contributed by atoms with van der Waals surface area (Å²) in [5, 5.41) is 2.28. The number of thioether (sulfide) groups is 1. The van der Waals surface area contributed by atoms with Crippen LogP contribution in [0.4, 0.5) is 0 Å². The van der Waals surface area contributed by atoms with Gasteiger partial charge in [-0.25, -0.2) is 0 Å². The van der Waals surface area contributed by atoms with Gasteiger partial charge in [0.1, 0.15) is 0 Å². The van der Waals surface area contributed by atoms with Crippen molar-refractivity contribution in [3.63, 3.8) is 0 Å². The molecule has 0 heterocycles. The van der Waals surface area contributed by atoms with Crippen molar-refractivity contribution in [3.8, 4) is 0 Å². The fourth-order valence-corrected chi connectivity index (χ4v) is 8.56. The summed E-state index contributed by atoms with van der Waals surface area (Å²) < 4.78 is 0. The molecule has 0 saturated heterocycles. The first-order valence-corrected chi connectivity index (χ1v) is 9.99. The Morgan fingerprint density at radius 2 is 0.842 bits per heavy atom. The maximum atomic E-state index is 6.78. The standard InChI is InChI=1S/C16H24Cl2S/c17-13-9-1-5-11(6-2-9)15(13)19-16-12-7-3-10(4-8-12)14(16)18/h9-16H,1-8H2. The zero-order valence-corrected chi connectivity index (χ0v) is 13.8. The molecule has 19 heavy (non-hydrogen) atoms. The van der Waals surface area contributed by atoms with Crippen molar-refractivity contribution in [1.82, 2.24) is 0 Å².